The standard InChI is InChI=1S/C16H17ClN4O/c1-22-16-5-4-13(8-14(16)17)21-15(7-12(9-18)20-21)11-3-2-6-19-10-11/h2-6,8,10,15H,7,9,18H2,1H3. The molecule has 1 unspecified atom stereocenters. The molecule has 5 nitrogen and oxygen atoms in total. The van der Waals surface area contributed by atoms with E-state index in [9.17, 15) is 0 Å². The van der Waals surface area contributed by atoms with Crippen molar-refractivity contribution in [3.8, 4) is 5.75 Å². The Morgan fingerprint density at radius 1 is 1.41 bits per heavy atom. The number of pyridine rings is 1. The number of methoxy groups -OCH3 is 1. The second-order valence-corrected chi connectivity index (χ2v) is 5.45. The molecule has 0 aliphatic carbocycles. The van der Waals surface area contributed by atoms with E-state index < -0.39 is 0 Å². The molecule has 0 amide bonds. The number of nitrogens with two attached hydrogens (primary N) is 1. The van der Waals surface area contributed by atoms with Crippen LogP contribution in [0.1, 0.15) is 18.0 Å². The number of hydrogen-bond donors (Lipinski definition) is 1. The van der Waals surface area contributed by atoms with Crippen LogP contribution in [-0.2, 0) is 0 Å². The van der Waals surface area contributed by atoms with Crippen molar-refractivity contribution < 1.29 is 4.74 Å². The summed E-state index contributed by atoms with van der Waals surface area (Å²) in [4.78, 5) is 4.20. The van der Waals surface area contributed by atoms with Crippen LogP contribution < -0.4 is 15.5 Å². The van der Waals surface area contributed by atoms with Gasteiger partial charge >= 0.3 is 0 Å². The minimum absolute atomic E-state index is 0.0803. The molecular formula is C16H17ClN4O. The molecule has 6 heteroatoms. The van der Waals surface area contributed by atoms with E-state index in [0.29, 0.717) is 17.3 Å². The lowest BCUT2D eigenvalue weighted by Gasteiger charge is -2.24. The second-order valence-electron chi connectivity index (χ2n) is 5.04. The maximum atomic E-state index is 6.23. The fourth-order valence-electron chi connectivity index (χ4n) is 2.56. The first kappa shape index (κ1) is 14.8. The zero-order chi connectivity index (χ0) is 15.5. The Morgan fingerprint density at radius 3 is 2.91 bits per heavy atom. The SMILES string of the molecule is COc1ccc(N2N=C(CN)CC2c2cccnc2)cc1Cl. The van der Waals surface area contributed by atoms with Crippen molar-refractivity contribution in [3.63, 3.8) is 0 Å². The molecule has 2 heterocycles. The lowest BCUT2D eigenvalue weighted by molar-refractivity contribution is 0.415. The number of halogens is 1. The number of benzene rings is 1. The maximum Gasteiger partial charge on any atom is 0.137 e. The van der Waals surface area contributed by atoms with Crippen LogP contribution in [0.3, 0.4) is 0 Å². The number of hydrogen-bond acceptors (Lipinski definition) is 5. The molecule has 2 N–H and O–H groups in total. The monoisotopic (exact) mass is 316 g/mol. The molecule has 114 valence electrons. The highest BCUT2D eigenvalue weighted by molar-refractivity contribution is 6.32. The molecule has 0 spiro atoms. The summed E-state index contributed by atoms with van der Waals surface area (Å²) in [5.74, 6) is 0.644. The summed E-state index contributed by atoms with van der Waals surface area (Å²) in [6, 6.07) is 9.69. The molecule has 1 aliphatic rings. The zero-order valence-corrected chi connectivity index (χ0v) is 13.0. The van der Waals surface area contributed by atoms with E-state index in [4.69, 9.17) is 22.1 Å². The van der Waals surface area contributed by atoms with Crippen LogP contribution in [0.15, 0.2) is 47.8 Å². The van der Waals surface area contributed by atoms with E-state index in [0.717, 1.165) is 23.4 Å². The summed E-state index contributed by atoms with van der Waals surface area (Å²) in [5.41, 5.74) is 8.73. The van der Waals surface area contributed by atoms with E-state index >= 15 is 0 Å². The van der Waals surface area contributed by atoms with Gasteiger partial charge in [0.25, 0.3) is 0 Å². The van der Waals surface area contributed by atoms with E-state index in [2.05, 4.69) is 10.1 Å². The largest absolute Gasteiger partial charge is 0.495 e. The van der Waals surface area contributed by atoms with E-state index in [1.54, 1.807) is 13.3 Å². The Balaban J connectivity index is 1.98. The molecule has 1 aliphatic heterocycles. The molecule has 1 atom stereocenters. The minimum atomic E-state index is 0.0803. The molecule has 2 aromatic rings. The third kappa shape index (κ3) is 2.77. The Bertz CT molecular complexity index is 690. The topological polar surface area (TPSA) is 63.7 Å². The van der Waals surface area contributed by atoms with Gasteiger partial charge in [-0.1, -0.05) is 17.7 Å². The molecule has 0 saturated heterocycles. The first-order valence-electron chi connectivity index (χ1n) is 7.02. The summed E-state index contributed by atoms with van der Waals surface area (Å²) in [6.45, 7) is 0.442. The van der Waals surface area contributed by atoms with E-state index in [1.165, 1.54) is 0 Å². The lowest BCUT2D eigenvalue weighted by atomic mass is 10.0. The van der Waals surface area contributed by atoms with Crippen LogP contribution in [0.4, 0.5) is 5.69 Å². The van der Waals surface area contributed by atoms with Crippen molar-refractivity contribution in [2.45, 2.75) is 12.5 Å². The molecule has 22 heavy (non-hydrogen) atoms. The summed E-state index contributed by atoms with van der Waals surface area (Å²) in [7, 11) is 1.60. The van der Waals surface area contributed by atoms with Gasteiger partial charge in [-0.15, -0.1) is 0 Å². The number of anilines is 1. The average Bonchev–Trinajstić information content (AvgIpc) is 3.00. The van der Waals surface area contributed by atoms with Crippen molar-refractivity contribution in [1.82, 2.24) is 4.98 Å². The van der Waals surface area contributed by atoms with E-state index in [-0.39, 0.29) is 6.04 Å². The predicted molar refractivity (Wildman–Crippen MR) is 88.6 cm³/mol. The Kier molecular flexibility index (Phi) is 4.27. The molecule has 1 aromatic heterocycles. The van der Waals surface area contributed by atoms with Gasteiger partial charge in [0, 0.05) is 25.4 Å². The van der Waals surface area contributed by atoms with Gasteiger partial charge in [0.15, 0.2) is 0 Å². The minimum Gasteiger partial charge on any atom is -0.495 e. The van der Waals surface area contributed by atoms with Crippen molar-refractivity contribution in [3.05, 3.63) is 53.3 Å². The Morgan fingerprint density at radius 2 is 2.27 bits per heavy atom. The fourth-order valence-corrected chi connectivity index (χ4v) is 2.82. The highest BCUT2D eigenvalue weighted by atomic mass is 35.5. The Hall–Kier alpha value is -2.11. The van der Waals surface area contributed by atoms with Crippen LogP contribution in [-0.4, -0.2) is 24.4 Å². The smallest absolute Gasteiger partial charge is 0.137 e. The quantitative estimate of drug-likeness (QED) is 0.941. The van der Waals surface area contributed by atoms with Crippen LogP contribution >= 0.6 is 11.6 Å². The normalized spacial score (nSPS) is 17.5. The summed E-state index contributed by atoms with van der Waals surface area (Å²) in [6.07, 6.45) is 4.40. The third-order valence-electron chi connectivity index (χ3n) is 3.68. The number of hydrazone groups is 1. The van der Waals surface area contributed by atoms with Crippen molar-refractivity contribution in [1.29, 1.82) is 0 Å². The van der Waals surface area contributed by atoms with Crippen molar-refractivity contribution >= 4 is 23.0 Å². The maximum absolute atomic E-state index is 6.23. The highest BCUT2D eigenvalue weighted by Gasteiger charge is 2.29. The fraction of sp³-hybridized carbons (Fsp3) is 0.250. The van der Waals surface area contributed by atoms with Crippen LogP contribution in [0, 0.1) is 0 Å². The summed E-state index contributed by atoms with van der Waals surface area (Å²) < 4.78 is 5.20. The molecule has 1 aromatic carbocycles. The van der Waals surface area contributed by atoms with Crippen LogP contribution in [0.25, 0.3) is 0 Å². The number of rotatable bonds is 4. The van der Waals surface area contributed by atoms with Gasteiger partial charge in [0.2, 0.25) is 0 Å². The zero-order valence-electron chi connectivity index (χ0n) is 12.2. The first-order valence-corrected chi connectivity index (χ1v) is 7.40. The number of ether oxygens (including phenoxy) is 1. The van der Waals surface area contributed by atoms with Gasteiger partial charge in [0.05, 0.1) is 29.6 Å². The summed E-state index contributed by atoms with van der Waals surface area (Å²) in [5, 5.41) is 7.13. The van der Waals surface area contributed by atoms with Crippen LogP contribution in [0.2, 0.25) is 5.02 Å². The molecule has 3 rings (SSSR count). The van der Waals surface area contributed by atoms with Crippen molar-refractivity contribution in [2.75, 3.05) is 18.7 Å². The van der Waals surface area contributed by atoms with Gasteiger partial charge in [-0.05, 0) is 29.8 Å². The Labute approximate surface area is 134 Å². The van der Waals surface area contributed by atoms with Gasteiger partial charge in [-0.25, -0.2) is 0 Å². The van der Waals surface area contributed by atoms with Gasteiger partial charge < -0.3 is 10.5 Å². The molecule has 0 radical (unpaired) electrons. The van der Waals surface area contributed by atoms with Crippen molar-refractivity contribution in [2.24, 2.45) is 10.8 Å². The molecule has 0 fully saturated rings. The first-order chi connectivity index (χ1) is 10.7. The van der Waals surface area contributed by atoms with Gasteiger partial charge in [0.1, 0.15) is 5.75 Å². The molecule has 0 bridgehead atoms. The predicted octanol–water partition coefficient (Wildman–Crippen LogP) is 3.01. The number of aromatic nitrogens is 1. The van der Waals surface area contributed by atoms with E-state index in [1.807, 2.05) is 41.5 Å². The summed E-state index contributed by atoms with van der Waals surface area (Å²) >= 11 is 6.23. The highest BCUT2D eigenvalue weighted by Crippen LogP contribution is 2.37. The van der Waals surface area contributed by atoms with Gasteiger partial charge in [-0.3, -0.25) is 9.99 Å². The van der Waals surface area contributed by atoms with Gasteiger partial charge in [-0.2, -0.15) is 5.10 Å². The average molecular weight is 317 g/mol. The second kappa shape index (κ2) is 6.34. The van der Waals surface area contributed by atoms with Crippen LogP contribution in [0.5, 0.6) is 5.75 Å². The lowest BCUT2D eigenvalue weighted by Crippen LogP contribution is -2.18. The third-order valence-corrected chi connectivity index (χ3v) is 3.97. The number of nitrogens with zero attached hydrogens (tertiary/aromatic N) is 3. The molecule has 0 saturated carbocycles. The molecular weight excluding hydrogens is 300 g/mol.